The third-order valence-electron chi connectivity index (χ3n) is 5.22. The first kappa shape index (κ1) is 19.1. The van der Waals surface area contributed by atoms with Crippen LogP contribution in [-0.2, 0) is 4.79 Å². The van der Waals surface area contributed by atoms with Crippen LogP contribution in [-0.4, -0.2) is 46.8 Å². The number of carbonyl (C=O) groups excluding carboxylic acids is 1. The molecule has 0 aliphatic carbocycles. The van der Waals surface area contributed by atoms with Crippen molar-refractivity contribution in [1.82, 2.24) is 14.7 Å². The molecule has 144 valence electrons. The van der Waals surface area contributed by atoms with Gasteiger partial charge in [-0.15, -0.1) is 5.10 Å². The summed E-state index contributed by atoms with van der Waals surface area (Å²) in [5, 5.41) is 4.58. The van der Waals surface area contributed by atoms with E-state index < -0.39 is 0 Å². The zero-order valence-corrected chi connectivity index (χ0v) is 16.4. The van der Waals surface area contributed by atoms with E-state index in [4.69, 9.17) is 0 Å². The number of aromatic nitrogens is 2. The Labute approximate surface area is 160 Å². The molecule has 1 aliphatic heterocycles. The second-order valence-electron chi connectivity index (χ2n) is 7.18. The summed E-state index contributed by atoms with van der Waals surface area (Å²) in [6, 6.07) is 9.25. The van der Waals surface area contributed by atoms with E-state index in [0.717, 1.165) is 43.0 Å². The van der Waals surface area contributed by atoms with Crippen molar-refractivity contribution in [2.75, 3.05) is 31.1 Å². The zero-order chi connectivity index (χ0) is 19.4. The number of hydrogen-bond acceptors (Lipinski definition) is 4. The largest absolute Gasteiger partial charge is 0.352 e. The van der Waals surface area contributed by atoms with E-state index in [9.17, 15) is 9.59 Å². The van der Waals surface area contributed by atoms with E-state index in [2.05, 4.69) is 16.9 Å². The smallest absolute Gasteiger partial charge is 0.271 e. The van der Waals surface area contributed by atoms with Crippen molar-refractivity contribution in [2.45, 2.75) is 40.0 Å². The summed E-state index contributed by atoms with van der Waals surface area (Å²) in [4.78, 5) is 28.6. The van der Waals surface area contributed by atoms with Crippen molar-refractivity contribution in [1.29, 1.82) is 0 Å². The molecule has 6 nitrogen and oxygen atoms in total. The Kier molecular flexibility index (Phi) is 5.94. The molecular formula is C21H28N4O2. The molecule has 0 spiro atoms. The Bertz CT molecular complexity index is 867. The normalized spacial score (nSPS) is 14.5. The maximum absolute atomic E-state index is 12.3. The maximum Gasteiger partial charge on any atom is 0.271 e. The molecule has 2 aromatic rings. The molecule has 1 aliphatic rings. The van der Waals surface area contributed by atoms with E-state index in [0.29, 0.717) is 19.5 Å². The highest BCUT2D eigenvalue weighted by Crippen LogP contribution is 2.16. The molecule has 1 saturated heterocycles. The van der Waals surface area contributed by atoms with Gasteiger partial charge < -0.3 is 9.80 Å². The number of benzene rings is 1. The van der Waals surface area contributed by atoms with Gasteiger partial charge in [0.1, 0.15) is 5.82 Å². The van der Waals surface area contributed by atoms with Gasteiger partial charge in [-0.3, -0.25) is 9.59 Å². The highest BCUT2D eigenvalue weighted by Gasteiger charge is 2.22. The molecule has 0 saturated carbocycles. The number of aryl methyl sites for hydroxylation is 2. The first-order valence-electron chi connectivity index (χ1n) is 9.70. The fraction of sp³-hybridized carbons (Fsp3) is 0.476. The van der Waals surface area contributed by atoms with Crippen LogP contribution in [0.2, 0.25) is 0 Å². The van der Waals surface area contributed by atoms with Crippen LogP contribution in [0.15, 0.2) is 35.1 Å². The molecule has 0 radical (unpaired) electrons. The molecule has 1 fully saturated rings. The van der Waals surface area contributed by atoms with Crippen LogP contribution < -0.4 is 10.5 Å². The van der Waals surface area contributed by atoms with Crippen molar-refractivity contribution in [3.8, 4) is 5.69 Å². The Morgan fingerprint density at radius 2 is 1.78 bits per heavy atom. The Hall–Kier alpha value is -2.63. The van der Waals surface area contributed by atoms with Gasteiger partial charge in [0, 0.05) is 38.7 Å². The van der Waals surface area contributed by atoms with Gasteiger partial charge in [-0.2, -0.15) is 4.68 Å². The van der Waals surface area contributed by atoms with Crippen LogP contribution in [0, 0.1) is 13.8 Å². The van der Waals surface area contributed by atoms with Crippen molar-refractivity contribution in [3.63, 3.8) is 0 Å². The van der Waals surface area contributed by atoms with E-state index >= 15 is 0 Å². The van der Waals surface area contributed by atoms with E-state index in [-0.39, 0.29) is 11.5 Å². The molecule has 3 rings (SSSR count). The molecule has 1 aromatic carbocycles. The topological polar surface area (TPSA) is 58.4 Å². The SMILES string of the molecule is CCCCC(=O)N1CCN(c2ccc(=O)n(-c3ccc(C)c(C)c3)n2)CC1. The Balaban J connectivity index is 1.74. The average Bonchev–Trinajstić information content (AvgIpc) is 2.69. The van der Waals surface area contributed by atoms with Gasteiger partial charge in [0.2, 0.25) is 5.91 Å². The number of piperazine rings is 1. The number of rotatable bonds is 5. The summed E-state index contributed by atoms with van der Waals surface area (Å²) < 4.78 is 1.46. The van der Waals surface area contributed by atoms with E-state index in [1.165, 1.54) is 10.2 Å². The molecule has 0 bridgehead atoms. The summed E-state index contributed by atoms with van der Waals surface area (Å²) >= 11 is 0. The predicted octanol–water partition coefficient (Wildman–Crippen LogP) is 2.69. The second-order valence-corrected chi connectivity index (χ2v) is 7.18. The number of hydrogen-bond donors (Lipinski definition) is 0. The van der Waals surface area contributed by atoms with Gasteiger partial charge in [0.05, 0.1) is 5.69 Å². The van der Waals surface area contributed by atoms with Crippen LogP contribution in [0.5, 0.6) is 0 Å². The second kappa shape index (κ2) is 8.37. The fourth-order valence-corrected chi connectivity index (χ4v) is 3.28. The van der Waals surface area contributed by atoms with E-state index in [1.54, 1.807) is 12.1 Å². The van der Waals surface area contributed by atoms with Gasteiger partial charge in [-0.05, 0) is 49.6 Å². The van der Waals surface area contributed by atoms with Crippen LogP contribution in [0.3, 0.4) is 0 Å². The minimum atomic E-state index is -0.143. The molecule has 27 heavy (non-hydrogen) atoms. The monoisotopic (exact) mass is 368 g/mol. The van der Waals surface area contributed by atoms with Gasteiger partial charge in [-0.1, -0.05) is 19.4 Å². The first-order chi connectivity index (χ1) is 13.0. The van der Waals surface area contributed by atoms with Crippen LogP contribution in [0.4, 0.5) is 5.82 Å². The lowest BCUT2D eigenvalue weighted by molar-refractivity contribution is -0.131. The number of amides is 1. The molecule has 6 heteroatoms. The summed E-state index contributed by atoms with van der Waals surface area (Å²) in [6.45, 7) is 9.04. The first-order valence-corrected chi connectivity index (χ1v) is 9.70. The predicted molar refractivity (Wildman–Crippen MR) is 108 cm³/mol. The van der Waals surface area contributed by atoms with Crippen LogP contribution >= 0.6 is 0 Å². The molecule has 0 N–H and O–H groups in total. The molecule has 1 aromatic heterocycles. The Morgan fingerprint density at radius 1 is 1.04 bits per heavy atom. The molecular weight excluding hydrogens is 340 g/mol. The van der Waals surface area contributed by atoms with Crippen molar-refractivity contribution >= 4 is 11.7 Å². The van der Waals surface area contributed by atoms with E-state index in [1.807, 2.05) is 36.9 Å². The van der Waals surface area contributed by atoms with Crippen molar-refractivity contribution in [2.24, 2.45) is 0 Å². The zero-order valence-electron chi connectivity index (χ0n) is 16.4. The lowest BCUT2D eigenvalue weighted by Gasteiger charge is -2.35. The summed E-state index contributed by atoms with van der Waals surface area (Å²) in [7, 11) is 0. The Morgan fingerprint density at radius 3 is 2.44 bits per heavy atom. The third-order valence-corrected chi connectivity index (χ3v) is 5.22. The number of carbonyl (C=O) groups is 1. The quantitative estimate of drug-likeness (QED) is 0.814. The summed E-state index contributed by atoms with van der Waals surface area (Å²) in [5.41, 5.74) is 2.95. The van der Waals surface area contributed by atoms with Gasteiger partial charge in [0.15, 0.2) is 0 Å². The summed E-state index contributed by atoms with van der Waals surface area (Å²) in [6.07, 6.45) is 2.61. The fourth-order valence-electron chi connectivity index (χ4n) is 3.28. The van der Waals surface area contributed by atoms with Gasteiger partial charge in [0.25, 0.3) is 5.56 Å². The maximum atomic E-state index is 12.3. The standard InChI is InChI=1S/C21H28N4O2/c1-4-5-6-20(26)24-13-11-23(12-14-24)19-9-10-21(27)25(22-19)18-8-7-16(2)17(3)15-18/h7-10,15H,4-6,11-14H2,1-3H3. The number of unbranched alkanes of at least 4 members (excludes halogenated alkanes) is 1. The van der Waals surface area contributed by atoms with Gasteiger partial charge >= 0.3 is 0 Å². The van der Waals surface area contributed by atoms with Crippen molar-refractivity contribution < 1.29 is 4.79 Å². The molecule has 0 unspecified atom stereocenters. The highest BCUT2D eigenvalue weighted by molar-refractivity contribution is 5.76. The minimum absolute atomic E-state index is 0.143. The average molecular weight is 368 g/mol. The third kappa shape index (κ3) is 4.38. The minimum Gasteiger partial charge on any atom is -0.352 e. The molecule has 0 atom stereocenters. The lowest BCUT2D eigenvalue weighted by atomic mass is 10.1. The van der Waals surface area contributed by atoms with Crippen molar-refractivity contribution in [3.05, 3.63) is 51.8 Å². The summed E-state index contributed by atoms with van der Waals surface area (Å²) in [5.74, 6) is 1.01. The van der Waals surface area contributed by atoms with Gasteiger partial charge in [-0.25, -0.2) is 0 Å². The molecule has 1 amide bonds. The van der Waals surface area contributed by atoms with Crippen LogP contribution in [0.1, 0.15) is 37.3 Å². The lowest BCUT2D eigenvalue weighted by Crippen LogP contribution is -2.49. The highest BCUT2D eigenvalue weighted by atomic mass is 16.2. The van der Waals surface area contributed by atoms with Crippen LogP contribution in [0.25, 0.3) is 5.69 Å². The molecule has 2 heterocycles. The number of nitrogens with zero attached hydrogens (tertiary/aromatic N) is 4. The number of anilines is 1.